The lowest BCUT2D eigenvalue weighted by Gasteiger charge is -2.04. The van der Waals surface area contributed by atoms with Crippen LogP contribution in [0.25, 0.3) is 11.0 Å². The van der Waals surface area contributed by atoms with Crippen molar-refractivity contribution >= 4 is 23.2 Å². The molecular formula is C26H26N4O3. The zero-order chi connectivity index (χ0) is 23.0. The number of aromatic amines is 1. The Kier molecular flexibility index (Phi) is 6.99. The molecule has 0 spiro atoms. The summed E-state index contributed by atoms with van der Waals surface area (Å²) in [5.74, 6) is 2.18. The lowest BCUT2D eigenvalue weighted by atomic mass is 10.1. The molecule has 4 aromatic rings. The predicted molar refractivity (Wildman–Crippen MR) is 129 cm³/mol. The van der Waals surface area contributed by atoms with E-state index in [9.17, 15) is 4.79 Å². The number of nitrogens with zero attached hydrogens (tertiary/aromatic N) is 2. The van der Waals surface area contributed by atoms with Crippen molar-refractivity contribution in [1.29, 1.82) is 0 Å². The molecular weight excluding hydrogens is 416 g/mol. The lowest BCUT2D eigenvalue weighted by Crippen LogP contribution is -2.17. The maximum Gasteiger partial charge on any atom is 0.271 e. The minimum atomic E-state index is -0.289. The average molecular weight is 443 g/mol. The van der Waals surface area contributed by atoms with Gasteiger partial charge in [0.2, 0.25) is 0 Å². The highest BCUT2D eigenvalue weighted by Crippen LogP contribution is 2.18. The van der Waals surface area contributed by atoms with Crippen molar-refractivity contribution < 1.29 is 14.3 Å². The van der Waals surface area contributed by atoms with E-state index in [0.717, 1.165) is 45.9 Å². The van der Waals surface area contributed by atoms with Crippen LogP contribution in [0, 0.1) is 0 Å². The molecule has 0 aliphatic carbocycles. The lowest BCUT2D eigenvalue weighted by molar-refractivity contribution is 0.0955. The van der Waals surface area contributed by atoms with Crippen molar-refractivity contribution in [3.63, 3.8) is 0 Å². The Morgan fingerprint density at radius 3 is 2.55 bits per heavy atom. The van der Waals surface area contributed by atoms with Crippen LogP contribution in [0.2, 0.25) is 0 Å². The summed E-state index contributed by atoms with van der Waals surface area (Å²) < 4.78 is 10.8. The second-order valence-corrected chi connectivity index (χ2v) is 7.56. The molecule has 4 rings (SSSR count). The molecule has 0 radical (unpaired) electrons. The number of hydrogen-bond acceptors (Lipinski definition) is 5. The molecule has 1 heterocycles. The molecule has 168 valence electrons. The molecule has 3 aromatic carbocycles. The van der Waals surface area contributed by atoms with E-state index in [1.54, 1.807) is 25.5 Å². The zero-order valence-electron chi connectivity index (χ0n) is 18.7. The minimum absolute atomic E-state index is 0.289. The third-order valence-electron chi connectivity index (χ3n) is 5.06. The summed E-state index contributed by atoms with van der Waals surface area (Å²) >= 11 is 0. The van der Waals surface area contributed by atoms with Gasteiger partial charge in [-0.15, -0.1) is 0 Å². The van der Waals surface area contributed by atoms with Crippen LogP contribution < -0.4 is 14.9 Å². The first-order valence-electron chi connectivity index (χ1n) is 10.8. The van der Waals surface area contributed by atoms with E-state index >= 15 is 0 Å². The highest BCUT2D eigenvalue weighted by Gasteiger charge is 2.09. The molecule has 0 fully saturated rings. The molecule has 2 N–H and O–H groups in total. The highest BCUT2D eigenvalue weighted by molar-refractivity contribution is 5.97. The van der Waals surface area contributed by atoms with Crippen LogP contribution >= 0.6 is 0 Å². The number of hydrogen-bond donors (Lipinski definition) is 2. The summed E-state index contributed by atoms with van der Waals surface area (Å²) in [5.41, 5.74) is 6.67. The van der Waals surface area contributed by atoms with Gasteiger partial charge in [-0.1, -0.05) is 19.1 Å². The molecule has 1 aromatic heterocycles. The monoisotopic (exact) mass is 442 g/mol. The van der Waals surface area contributed by atoms with E-state index in [1.807, 2.05) is 54.6 Å². The van der Waals surface area contributed by atoms with E-state index in [-0.39, 0.29) is 5.91 Å². The largest absolute Gasteiger partial charge is 0.497 e. The fraction of sp³-hybridized carbons (Fsp3) is 0.192. The first kappa shape index (κ1) is 22.1. The number of amides is 1. The van der Waals surface area contributed by atoms with Crippen LogP contribution in [-0.2, 0) is 6.42 Å². The van der Waals surface area contributed by atoms with Gasteiger partial charge in [-0.05, 0) is 72.1 Å². The summed E-state index contributed by atoms with van der Waals surface area (Å²) in [5, 5.41) is 4.06. The summed E-state index contributed by atoms with van der Waals surface area (Å²) in [4.78, 5) is 20.4. The third kappa shape index (κ3) is 5.77. The number of benzene rings is 3. The van der Waals surface area contributed by atoms with Gasteiger partial charge in [0.1, 0.15) is 17.3 Å². The third-order valence-corrected chi connectivity index (χ3v) is 5.06. The van der Waals surface area contributed by atoms with Crippen LogP contribution in [0.5, 0.6) is 11.5 Å². The standard InChI is InChI=1S/C26H26N4O3/c1-3-14-33-22-11-6-19(7-12-22)17-27-30-26(31)20-8-13-23-24(16-20)29-25(28-23)15-18-4-9-21(32-2)10-5-18/h4-13,16-17H,3,14-15H2,1-2H3,(H,28,29)(H,30,31)/b27-17-. The number of imidazole rings is 1. The Morgan fingerprint density at radius 1 is 1.06 bits per heavy atom. The van der Waals surface area contributed by atoms with Gasteiger partial charge in [0.05, 0.1) is 31.0 Å². The van der Waals surface area contributed by atoms with Crippen LogP contribution in [-0.4, -0.2) is 35.8 Å². The summed E-state index contributed by atoms with van der Waals surface area (Å²) in [6.07, 6.45) is 3.22. The SMILES string of the molecule is CCCOc1ccc(/C=N\NC(=O)c2ccc3nc(Cc4ccc(OC)cc4)[nH]c3c2)cc1. The molecule has 0 unspecified atom stereocenters. The van der Waals surface area contributed by atoms with Gasteiger partial charge in [-0.25, -0.2) is 10.4 Å². The zero-order valence-corrected chi connectivity index (χ0v) is 18.7. The molecule has 0 aliphatic rings. The summed E-state index contributed by atoms with van der Waals surface area (Å²) in [6, 6.07) is 20.8. The Labute approximate surface area is 192 Å². The van der Waals surface area contributed by atoms with Gasteiger partial charge in [0, 0.05) is 12.0 Å². The second-order valence-electron chi connectivity index (χ2n) is 7.56. The number of rotatable bonds is 9. The van der Waals surface area contributed by atoms with E-state index in [2.05, 4.69) is 27.4 Å². The van der Waals surface area contributed by atoms with Crippen molar-refractivity contribution in [3.05, 3.63) is 89.2 Å². The smallest absolute Gasteiger partial charge is 0.271 e. The maximum absolute atomic E-state index is 12.5. The topological polar surface area (TPSA) is 88.6 Å². The normalized spacial score (nSPS) is 11.1. The quantitative estimate of drug-likeness (QED) is 0.290. The summed E-state index contributed by atoms with van der Waals surface area (Å²) in [6.45, 7) is 2.75. The number of carbonyl (C=O) groups excluding carboxylic acids is 1. The maximum atomic E-state index is 12.5. The molecule has 0 atom stereocenters. The molecule has 1 amide bonds. The van der Waals surface area contributed by atoms with E-state index in [4.69, 9.17) is 9.47 Å². The van der Waals surface area contributed by atoms with Crippen molar-refractivity contribution in [1.82, 2.24) is 15.4 Å². The fourth-order valence-electron chi connectivity index (χ4n) is 3.32. The summed E-state index contributed by atoms with van der Waals surface area (Å²) in [7, 11) is 1.65. The van der Waals surface area contributed by atoms with Crippen molar-refractivity contribution in [2.45, 2.75) is 19.8 Å². The van der Waals surface area contributed by atoms with Gasteiger partial charge >= 0.3 is 0 Å². The van der Waals surface area contributed by atoms with Crippen LogP contribution in [0.4, 0.5) is 0 Å². The van der Waals surface area contributed by atoms with Gasteiger partial charge < -0.3 is 14.5 Å². The molecule has 0 bridgehead atoms. The molecule has 0 saturated carbocycles. The van der Waals surface area contributed by atoms with Crippen LogP contribution in [0.1, 0.15) is 40.7 Å². The predicted octanol–water partition coefficient (Wildman–Crippen LogP) is 4.72. The highest BCUT2D eigenvalue weighted by atomic mass is 16.5. The minimum Gasteiger partial charge on any atom is -0.497 e. The van der Waals surface area contributed by atoms with Crippen molar-refractivity contribution in [2.24, 2.45) is 5.10 Å². The van der Waals surface area contributed by atoms with Gasteiger partial charge in [-0.2, -0.15) is 5.10 Å². The first-order valence-corrected chi connectivity index (χ1v) is 10.8. The van der Waals surface area contributed by atoms with Crippen LogP contribution in [0.3, 0.4) is 0 Å². The fourth-order valence-corrected chi connectivity index (χ4v) is 3.32. The van der Waals surface area contributed by atoms with Crippen molar-refractivity contribution in [2.75, 3.05) is 13.7 Å². The van der Waals surface area contributed by atoms with Gasteiger partial charge in [0.15, 0.2) is 0 Å². The average Bonchev–Trinajstić information content (AvgIpc) is 3.25. The van der Waals surface area contributed by atoms with E-state index in [0.29, 0.717) is 18.6 Å². The Morgan fingerprint density at radius 2 is 1.82 bits per heavy atom. The number of H-pyrrole nitrogens is 1. The number of nitrogens with one attached hydrogen (secondary N) is 2. The van der Waals surface area contributed by atoms with Gasteiger partial charge in [-0.3, -0.25) is 4.79 Å². The first-order chi connectivity index (χ1) is 16.1. The number of ether oxygens (including phenoxy) is 2. The van der Waals surface area contributed by atoms with Crippen LogP contribution in [0.15, 0.2) is 71.8 Å². The molecule has 33 heavy (non-hydrogen) atoms. The number of hydrazone groups is 1. The van der Waals surface area contributed by atoms with E-state index < -0.39 is 0 Å². The van der Waals surface area contributed by atoms with E-state index in [1.165, 1.54) is 0 Å². The Hall–Kier alpha value is -4.13. The Balaban J connectivity index is 1.38. The Bertz CT molecular complexity index is 1250. The van der Waals surface area contributed by atoms with Gasteiger partial charge in [0.25, 0.3) is 5.91 Å². The number of carbonyl (C=O) groups is 1. The number of aromatic nitrogens is 2. The number of fused-ring (bicyclic) bond motifs is 1. The molecule has 7 heteroatoms. The molecule has 0 saturated heterocycles. The second kappa shape index (κ2) is 10.5. The van der Waals surface area contributed by atoms with Crippen molar-refractivity contribution in [3.8, 4) is 11.5 Å². The molecule has 0 aliphatic heterocycles. The number of methoxy groups -OCH3 is 1. The molecule has 7 nitrogen and oxygen atoms in total.